The van der Waals surface area contributed by atoms with E-state index in [0.717, 1.165) is 39.5 Å². The van der Waals surface area contributed by atoms with Crippen LogP contribution in [0.2, 0.25) is 0 Å². The topological polar surface area (TPSA) is 68.5 Å². The molecule has 6 heteroatoms. The van der Waals surface area contributed by atoms with Crippen molar-refractivity contribution in [1.82, 2.24) is 24.5 Å². The zero-order valence-corrected chi connectivity index (χ0v) is 17.1. The molecule has 0 fully saturated rings. The molecule has 0 aliphatic carbocycles. The van der Waals surface area contributed by atoms with Crippen LogP contribution in [0.15, 0.2) is 54.8 Å². The maximum Gasteiger partial charge on any atom is 0.150 e. The van der Waals surface area contributed by atoms with Crippen LogP contribution in [0.25, 0.3) is 22.8 Å². The second-order valence-electron chi connectivity index (χ2n) is 7.44. The molecular formula is C23H24N6. The van der Waals surface area contributed by atoms with Crippen molar-refractivity contribution < 1.29 is 0 Å². The van der Waals surface area contributed by atoms with Gasteiger partial charge in [0.1, 0.15) is 12.1 Å². The van der Waals surface area contributed by atoms with E-state index in [1.807, 2.05) is 6.92 Å². The molecule has 0 radical (unpaired) electrons. The van der Waals surface area contributed by atoms with Gasteiger partial charge in [0, 0.05) is 23.6 Å². The Balaban J connectivity index is 1.79. The Morgan fingerprint density at radius 1 is 1.00 bits per heavy atom. The van der Waals surface area contributed by atoms with Crippen LogP contribution in [0, 0.1) is 13.8 Å². The first-order valence-electron chi connectivity index (χ1n) is 9.60. The van der Waals surface area contributed by atoms with Crippen LogP contribution in [-0.2, 0) is 6.54 Å². The molecule has 0 amide bonds. The second-order valence-corrected chi connectivity index (χ2v) is 7.44. The van der Waals surface area contributed by atoms with Gasteiger partial charge in [-0.25, -0.2) is 9.97 Å². The predicted molar refractivity (Wildman–Crippen MR) is 117 cm³/mol. The average Bonchev–Trinajstić information content (AvgIpc) is 3.06. The highest BCUT2D eigenvalue weighted by Crippen LogP contribution is 2.30. The number of nitrogens with one attached hydrogen (secondary N) is 1. The summed E-state index contributed by atoms with van der Waals surface area (Å²) in [4.78, 5) is 17.8. The molecule has 0 atom stereocenters. The first-order valence-corrected chi connectivity index (χ1v) is 9.60. The predicted octanol–water partition coefficient (Wildman–Crippen LogP) is 4.86. The van der Waals surface area contributed by atoms with Crippen LogP contribution in [0.4, 0.5) is 5.82 Å². The van der Waals surface area contributed by atoms with Crippen molar-refractivity contribution in [3.05, 3.63) is 77.3 Å². The van der Waals surface area contributed by atoms with Gasteiger partial charge in [-0.1, -0.05) is 29.3 Å². The minimum atomic E-state index is 0.545. The molecule has 0 saturated heterocycles. The molecule has 0 aliphatic rings. The van der Waals surface area contributed by atoms with Crippen molar-refractivity contribution in [3.8, 4) is 5.69 Å². The number of fused-ring (bicyclic) bond motifs is 1. The Bertz CT molecular complexity index is 1170. The van der Waals surface area contributed by atoms with Crippen molar-refractivity contribution in [2.24, 2.45) is 0 Å². The zero-order chi connectivity index (χ0) is 20.4. The molecular weight excluding hydrogens is 360 g/mol. The van der Waals surface area contributed by atoms with Gasteiger partial charge in [0.15, 0.2) is 5.65 Å². The van der Waals surface area contributed by atoms with Crippen molar-refractivity contribution in [2.75, 3.05) is 5.32 Å². The number of anilines is 1. The molecule has 29 heavy (non-hydrogen) atoms. The molecule has 0 aliphatic heterocycles. The van der Waals surface area contributed by atoms with Gasteiger partial charge in [-0.2, -0.15) is 0 Å². The summed E-state index contributed by atoms with van der Waals surface area (Å²) in [7, 11) is 0. The van der Waals surface area contributed by atoms with Gasteiger partial charge < -0.3 is 9.88 Å². The monoisotopic (exact) mass is 384 g/mol. The maximum absolute atomic E-state index is 4.59. The summed E-state index contributed by atoms with van der Waals surface area (Å²) in [5.41, 5.74) is 7.23. The van der Waals surface area contributed by atoms with Crippen LogP contribution in [-0.4, -0.2) is 24.5 Å². The molecule has 6 nitrogen and oxygen atoms in total. The number of aryl methyl sites for hydroxylation is 2. The maximum atomic E-state index is 4.59. The standard InChI is InChI=1S/C23H24N6/c1-15(2)9-18-13-29(20-7-5-16(3)6-8-20)23-21(18)22(27-14-28-23)26-12-19-11-24-17(4)10-25-19/h5-11,13-14H,12H2,1-4H3,(H,26,27,28). The van der Waals surface area contributed by atoms with E-state index in [0.29, 0.717) is 6.54 Å². The molecule has 146 valence electrons. The van der Waals surface area contributed by atoms with Gasteiger partial charge in [-0.3, -0.25) is 9.97 Å². The second kappa shape index (κ2) is 7.83. The van der Waals surface area contributed by atoms with Gasteiger partial charge in [0.05, 0.1) is 29.5 Å². The van der Waals surface area contributed by atoms with Crippen LogP contribution in [0.1, 0.15) is 36.4 Å². The van der Waals surface area contributed by atoms with E-state index in [-0.39, 0.29) is 0 Å². The van der Waals surface area contributed by atoms with E-state index in [1.165, 1.54) is 11.1 Å². The van der Waals surface area contributed by atoms with Gasteiger partial charge >= 0.3 is 0 Å². The highest BCUT2D eigenvalue weighted by Gasteiger charge is 2.15. The Morgan fingerprint density at radius 3 is 2.48 bits per heavy atom. The SMILES string of the molecule is CC(C)=Cc1cn(-c2ccc(C)cc2)c2ncnc(NCc3cnc(C)cn3)c12. The highest BCUT2D eigenvalue weighted by atomic mass is 15.1. The summed E-state index contributed by atoms with van der Waals surface area (Å²) in [6.45, 7) is 8.74. The molecule has 0 bridgehead atoms. The molecule has 0 spiro atoms. The number of hydrogen-bond acceptors (Lipinski definition) is 5. The third-order valence-electron chi connectivity index (χ3n) is 4.64. The molecule has 0 unspecified atom stereocenters. The van der Waals surface area contributed by atoms with E-state index in [9.17, 15) is 0 Å². The zero-order valence-electron chi connectivity index (χ0n) is 17.1. The van der Waals surface area contributed by atoms with Crippen LogP contribution >= 0.6 is 0 Å². The number of aromatic nitrogens is 5. The Morgan fingerprint density at radius 2 is 1.79 bits per heavy atom. The van der Waals surface area contributed by atoms with Gasteiger partial charge in [0.25, 0.3) is 0 Å². The first kappa shape index (κ1) is 18.8. The Kier molecular flexibility index (Phi) is 5.08. The lowest BCUT2D eigenvalue weighted by Crippen LogP contribution is -2.05. The minimum absolute atomic E-state index is 0.545. The highest BCUT2D eigenvalue weighted by molar-refractivity contribution is 5.96. The molecule has 3 aromatic heterocycles. The summed E-state index contributed by atoms with van der Waals surface area (Å²) < 4.78 is 2.11. The minimum Gasteiger partial charge on any atom is -0.364 e. The summed E-state index contributed by atoms with van der Waals surface area (Å²) in [5, 5.41) is 4.41. The van der Waals surface area contributed by atoms with Gasteiger partial charge in [0.2, 0.25) is 0 Å². The molecule has 3 heterocycles. The number of rotatable bonds is 5. The van der Waals surface area contributed by atoms with Gasteiger partial charge in [-0.05, 0) is 39.8 Å². The van der Waals surface area contributed by atoms with E-state index in [4.69, 9.17) is 0 Å². The summed E-state index contributed by atoms with van der Waals surface area (Å²) in [6.07, 6.45) is 9.44. The quantitative estimate of drug-likeness (QED) is 0.532. The number of hydrogen-bond donors (Lipinski definition) is 1. The van der Waals surface area contributed by atoms with E-state index in [1.54, 1.807) is 18.7 Å². The Hall–Kier alpha value is -3.54. The van der Waals surface area contributed by atoms with E-state index >= 15 is 0 Å². The first-order chi connectivity index (χ1) is 14.0. The lowest BCUT2D eigenvalue weighted by molar-refractivity contribution is 0.975. The summed E-state index contributed by atoms with van der Waals surface area (Å²) >= 11 is 0. The molecule has 4 rings (SSSR count). The van der Waals surface area contributed by atoms with Crippen LogP contribution < -0.4 is 5.32 Å². The van der Waals surface area contributed by atoms with E-state index in [2.05, 4.69) is 87.1 Å². The Labute approximate surface area is 170 Å². The fourth-order valence-corrected chi connectivity index (χ4v) is 3.23. The number of nitrogens with zero attached hydrogens (tertiary/aromatic N) is 5. The van der Waals surface area contributed by atoms with E-state index < -0.39 is 0 Å². The summed E-state index contributed by atoms with van der Waals surface area (Å²) in [5.74, 6) is 0.788. The average molecular weight is 384 g/mol. The smallest absolute Gasteiger partial charge is 0.150 e. The van der Waals surface area contributed by atoms with Crippen molar-refractivity contribution >= 4 is 22.9 Å². The third kappa shape index (κ3) is 4.01. The lowest BCUT2D eigenvalue weighted by atomic mass is 10.1. The molecule has 0 saturated carbocycles. The lowest BCUT2D eigenvalue weighted by Gasteiger charge is -2.08. The molecule has 1 N–H and O–H groups in total. The van der Waals surface area contributed by atoms with Crippen molar-refractivity contribution in [2.45, 2.75) is 34.2 Å². The van der Waals surface area contributed by atoms with Crippen LogP contribution in [0.5, 0.6) is 0 Å². The normalized spacial score (nSPS) is 10.9. The fourth-order valence-electron chi connectivity index (χ4n) is 3.23. The third-order valence-corrected chi connectivity index (χ3v) is 4.64. The summed E-state index contributed by atoms with van der Waals surface area (Å²) in [6, 6.07) is 8.44. The molecule has 4 aromatic rings. The van der Waals surface area contributed by atoms with Gasteiger partial charge in [-0.15, -0.1) is 0 Å². The fraction of sp³-hybridized carbons (Fsp3) is 0.217. The van der Waals surface area contributed by atoms with Crippen molar-refractivity contribution in [1.29, 1.82) is 0 Å². The number of benzene rings is 1. The van der Waals surface area contributed by atoms with Crippen molar-refractivity contribution in [3.63, 3.8) is 0 Å². The molecule has 1 aromatic carbocycles. The largest absolute Gasteiger partial charge is 0.364 e. The number of allylic oxidation sites excluding steroid dienone is 1. The van der Waals surface area contributed by atoms with Crippen LogP contribution in [0.3, 0.4) is 0 Å².